The maximum absolute atomic E-state index is 7.37. The third-order valence-electron chi connectivity index (χ3n) is 2.46. The van der Waals surface area contributed by atoms with Gasteiger partial charge >= 0.3 is 0 Å². The molecular formula is C14H13BrN2O. The zero-order valence-corrected chi connectivity index (χ0v) is 11.5. The minimum atomic E-state index is 0.0396. The van der Waals surface area contributed by atoms with Crippen LogP contribution in [0.2, 0.25) is 0 Å². The maximum atomic E-state index is 7.37. The number of benzene rings is 2. The van der Waals surface area contributed by atoms with Crippen molar-refractivity contribution >= 4 is 21.8 Å². The van der Waals surface area contributed by atoms with Crippen LogP contribution in [-0.2, 0) is 0 Å². The molecule has 0 heterocycles. The molecule has 0 saturated carbocycles. The van der Waals surface area contributed by atoms with E-state index in [0.717, 1.165) is 15.8 Å². The molecule has 0 fully saturated rings. The third kappa shape index (κ3) is 2.90. The van der Waals surface area contributed by atoms with Gasteiger partial charge in [0, 0.05) is 5.56 Å². The van der Waals surface area contributed by atoms with Gasteiger partial charge in [-0.3, -0.25) is 5.41 Å². The number of nitrogens with one attached hydrogen (secondary N) is 1. The molecule has 0 radical (unpaired) electrons. The van der Waals surface area contributed by atoms with Gasteiger partial charge in [0.2, 0.25) is 0 Å². The van der Waals surface area contributed by atoms with E-state index in [1.54, 1.807) is 18.2 Å². The molecule has 0 atom stereocenters. The highest BCUT2D eigenvalue weighted by atomic mass is 79.9. The Balaban J connectivity index is 2.27. The Morgan fingerprint density at radius 3 is 2.61 bits per heavy atom. The molecule has 3 nitrogen and oxygen atoms in total. The minimum Gasteiger partial charge on any atom is -0.456 e. The normalized spacial score (nSPS) is 10.1. The Morgan fingerprint density at radius 1 is 1.22 bits per heavy atom. The molecule has 2 aromatic rings. The van der Waals surface area contributed by atoms with Crippen LogP contribution in [0.4, 0.5) is 0 Å². The van der Waals surface area contributed by atoms with Crippen LogP contribution in [0.15, 0.2) is 46.9 Å². The highest BCUT2D eigenvalue weighted by molar-refractivity contribution is 9.10. The van der Waals surface area contributed by atoms with Gasteiger partial charge in [-0.25, -0.2) is 0 Å². The zero-order valence-electron chi connectivity index (χ0n) is 9.91. The van der Waals surface area contributed by atoms with E-state index < -0.39 is 0 Å². The van der Waals surface area contributed by atoms with Crippen LogP contribution in [-0.4, -0.2) is 5.84 Å². The molecule has 0 aliphatic heterocycles. The first kappa shape index (κ1) is 12.6. The molecule has 0 aromatic heterocycles. The van der Waals surface area contributed by atoms with Gasteiger partial charge in [-0.1, -0.05) is 12.1 Å². The fraction of sp³-hybridized carbons (Fsp3) is 0.0714. The van der Waals surface area contributed by atoms with Crippen molar-refractivity contribution in [1.82, 2.24) is 0 Å². The van der Waals surface area contributed by atoms with Crippen molar-refractivity contribution in [2.75, 3.05) is 0 Å². The van der Waals surface area contributed by atoms with E-state index in [4.69, 9.17) is 15.9 Å². The maximum Gasteiger partial charge on any atom is 0.141 e. The average molecular weight is 305 g/mol. The summed E-state index contributed by atoms with van der Waals surface area (Å²) in [5, 5.41) is 7.37. The summed E-state index contributed by atoms with van der Waals surface area (Å²) in [5.74, 6) is 1.52. The Labute approximate surface area is 114 Å². The van der Waals surface area contributed by atoms with E-state index in [1.807, 2.05) is 31.2 Å². The number of ether oxygens (including phenoxy) is 1. The Bertz CT molecular complexity index is 596. The summed E-state index contributed by atoms with van der Waals surface area (Å²) in [6, 6.07) is 13.2. The lowest BCUT2D eigenvalue weighted by Gasteiger charge is -2.09. The third-order valence-corrected chi connectivity index (χ3v) is 3.08. The molecule has 18 heavy (non-hydrogen) atoms. The van der Waals surface area contributed by atoms with Crippen molar-refractivity contribution in [3.05, 3.63) is 58.1 Å². The Morgan fingerprint density at radius 2 is 2.00 bits per heavy atom. The smallest absolute Gasteiger partial charge is 0.141 e. The van der Waals surface area contributed by atoms with E-state index in [-0.39, 0.29) is 5.84 Å². The first-order chi connectivity index (χ1) is 8.56. The van der Waals surface area contributed by atoms with Crippen molar-refractivity contribution in [2.24, 2.45) is 5.73 Å². The second-order valence-electron chi connectivity index (χ2n) is 3.98. The van der Waals surface area contributed by atoms with Gasteiger partial charge in [-0.05, 0) is 58.7 Å². The lowest BCUT2D eigenvalue weighted by Crippen LogP contribution is -2.10. The quantitative estimate of drug-likeness (QED) is 0.668. The second-order valence-corrected chi connectivity index (χ2v) is 4.83. The predicted octanol–water partition coefficient (Wildman–Crippen LogP) is 3.83. The number of amidine groups is 1. The summed E-state index contributed by atoms with van der Waals surface area (Å²) in [5.41, 5.74) is 7.23. The standard InChI is InChI=1S/C14H13BrN2O/c1-9-3-2-4-11(7-9)18-13-6-5-10(14(16)17)8-12(13)15/h2-8H,1H3,(H3,16,17). The highest BCUT2D eigenvalue weighted by Gasteiger charge is 2.05. The van der Waals surface area contributed by atoms with Gasteiger partial charge in [0.1, 0.15) is 17.3 Å². The summed E-state index contributed by atoms with van der Waals surface area (Å²) in [4.78, 5) is 0. The number of halogens is 1. The lowest BCUT2D eigenvalue weighted by atomic mass is 10.2. The fourth-order valence-corrected chi connectivity index (χ4v) is 2.02. The van der Waals surface area contributed by atoms with Gasteiger partial charge in [0.25, 0.3) is 0 Å². The Hall–Kier alpha value is -1.81. The zero-order chi connectivity index (χ0) is 13.1. The van der Waals surface area contributed by atoms with Crippen LogP contribution in [0.5, 0.6) is 11.5 Å². The first-order valence-corrected chi connectivity index (χ1v) is 6.24. The molecule has 0 unspecified atom stereocenters. The van der Waals surface area contributed by atoms with Crippen LogP contribution in [0, 0.1) is 12.3 Å². The van der Waals surface area contributed by atoms with Crippen LogP contribution in [0.25, 0.3) is 0 Å². The number of nitrogens with two attached hydrogens (primary N) is 1. The number of hydrogen-bond donors (Lipinski definition) is 2. The number of aryl methyl sites for hydroxylation is 1. The second kappa shape index (κ2) is 5.23. The SMILES string of the molecule is Cc1cccc(Oc2ccc(C(=N)N)cc2Br)c1. The molecule has 0 aliphatic carbocycles. The number of hydrogen-bond acceptors (Lipinski definition) is 2. The fourth-order valence-electron chi connectivity index (χ4n) is 1.56. The molecular weight excluding hydrogens is 292 g/mol. The van der Waals surface area contributed by atoms with E-state index in [9.17, 15) is 0 Å². The molecule has 0 amide bonds. The van der Waals surface area contributed by atoms with Crippen molar-refractivity contribution in [1.29, 1.82) is 5.41 Å². The molecule has 4 heteroatoms. The van der Waals surface area contributed by atoms with E-state index in [0.29, 0.717) is 11.3 Å². The monoisotopic (exact) mass is 304 g/mol. The van der Waals surface area contributed by atoms with Gasteiger partial charge in [0.05, 0.1) is 4.47 Å². The van der Waals surface area contributed by atoms with Gasteiger partial charge in [-0.15, -0.1) is 0 Å². The number of nitrogen functional groups attached to an aromatic ring is 1. The van der Waals surface area contributed by atoms with Crippen LogP contribution < -0.4 is 10.5 Å². The van der Waals surface area contributed by atoms with Gasteiger partial charge in [-0.2, -0.15) is 0 Å². The molecule has 2 rings (SSSR count). The lowest BCUT2D eigenvalue weighted by molar-refractivity contribution is 0.479. The minimum absolute atomic E-state index is 0.0396. The summed E-state index contributed by atoms with van der Waals surface area (Å²) in [6.07, 6.45) is 0. The summed E-state index contributed by atoms with van der Waals surface area (Å²) in [6.45, 7) is 2.01. The van der Waals surface area contributed by atoms with Crippen molar-refractivity contribution in [2.45, 2.75) is 6.92 Å². The largest absolute Gasteiger partial charge is 0.456 e. The predicted molar refractivity (Wildman–Crippen MR) is 76.4 cm³/mol. The van der Waals surface area contributed by atoms with Gasteiger partial charge < -0.3 is 10.5 Å². The summed E-state index contributed by atoms with van der Waals surface area (Å²) < 4.78 is 6.54. The van der Waals surface area contributed by atoms with Crippen LogP contribution >= 0.6 is 15.9 Å². The molecule has 0 aliphatic rings. The molecule has 2 aromatic carbocycles. The van der Waals surface area contributed by atoms with Crippen LogP contribution in [0.1, 0.15) is 11.1 Å². The molecule has 0 saturated heterocycles. The van der Waals surface area contributed by atoms with E-state index in [2.05, 4.69) is 15.9 Å². The average Bonchev–Trinajstić information content (AvgIpc) is 2.31. The molecule has 0 spiro atoms. The molecule has 0 bridgehead atoms. The van der Waals surface area contributed by atoms with Crippen molar-refractivity contribution < 1.29 is 4.74 Å². The number of rotatable bonds is 3. The van der Waals surface area contributed by atoms with Crippen molar-refractivity contribution in [3.63, 3.8) is 0 Å². The van der Waals surface area contributed by atoms with E-state index >= 15 is 0 Å². The summed E-state index contributed by atoms with van der Waals surface area (Å²) >= 11 is 3.41. The van der Waals surface area contributed by atoms with Gasteiger partial charge in [0.15, 0.2) is 0 Å². The van der Waals surface area contributed by atoms with Crippen molar-refractivity contribution in [3.8, 4) is 11.5 Å². The topological polar surface area (TPSA) is 59.1 Å². The first-order valence-electron chi connectivity index (χ1n) is 5.45. The highest BCUT2D eigenvalue weighted by Crippen LogP contribution is 2.30. The Kier molecular flexibility index (Phi) is 3.67. The molecule has 92 valence electrons. The molecule has 3 N–H and O–H groups in total. The van der Waals surface area contributed by atoms with E-state index in [1.165, 1.54) is 0 Å². The van der Waals surface area contributed by atoms with Crippen LogP contribution in [0.3, 0.4) is 0 Å². The summed E-state index contributed by atoms with van der Waals surface area (Å²) in [7, 11) is 0.